The van der Waals surface area contributed by atoms with Crippen molar-refractivity contribution in [1.29, 1.82) is 0 Å². The molecule has 3 heterocycles. The van der Waals surface area contributed by atoms with Crippen LogP contribution in [-0.4, -0.2) is 70.9 Å². The van der Waals surface area contributed by atoms with Crippen LogP contribution in [0.1, 0.15) is 19.3 Å². The van der Waals surface area contributed by atoms with Gasteiger partial charge in [0.25, 0.3) is 0 Å². The van der Waals surface area contributed by atoms with E-state index in [1.54, 1.807) is 0 Å². The van der Waals surface area contributed by atoms with Gasteiger partial charge in [0.15, 0.2) is 0 Å². The molecule has 0 radical (unpaired) electrons. The maximum Gasteiger partial charge on any atom is 0.234 e. The summed E-state index contributed by atoms with van der Waals surface area (Å²) in [4.78, 5) is 16.9. The number of amides is 1. The van der Waals surface area contributed by atoms with Gasteiger partial charge in [-0.15, -0.1) is 0 Å². The Kier molecular flexibility index (Phi) is 5.48. The van der Waals surface area contributed by atoms with E-state index in [0.29, 0.717) is 12.6 Å². The molecule has 0 unspecified atom stereocenters. The summed E-state index contributed by atoms with van der Waals surface area (Å²) in [5, 5.41) is 7.46. The highest BCUT2D eigenvalue weighted by Gasteiger charge is 2.25. The summed E-state index contributed by atoms with van der Waals surface area (Å²) in [6.07, 6.45) is 7.30. The topological polar surface area (TPSA) is 53.4 Å². The van der Waals surface area contributed by atoms with Crippen molar-refractivity contribution >= 4 is 23.4 Å². The van der Waals surface area contributed by atoms with E-state index in [2.05, 4.69) is 27.3 Å². The van der Waals surface area contributed by atoms with Crippen LogP contribution in [0.4, 0.5) is 5.69 Å². The molecular weight excluding hydrogens is 310 g/mol. The standard InChI is InChI=1S/C16H27N5OS/c1-19(14-5-7-23-12-14)11-16(22)18-13-4-3-6-21(9-13)15-8-17-20(2)10-15/h8,10,13-14H,3-7,9,11-12H2,1-2H3,(H,18,22)/t13-,14-/m1/s1. The van der Waals surface area contributed by atoms with Crippen LogP contribution in [0.3, 0.4) is 0 Å². The molecule has 0 spiro atoms. The molecule has 3 rings (SSSR count). The number of likely N-dealkylation sites (N-methyl/N-ethyl adjacent to an activating group) is 1. The quantitative estimate of drug-likeness (QED) is 0.867. The van der Waals surface area contributed by atoms with Crippen molar-refractivity contribution in [2.24, 2.45) is 7.05 Å². The summed E-state index contributed by atoms with van der Waals surface area (Å²) in [7, 11) is 4.00. The fourth-order valence-corrected chi connectivity index (χ4v) is 4.70. The summed E-state index contributed by atoms with van der Waals surface area (Å²) < 4.78 is 1.83. The van der Waals surface area contributed by atoms with Gasteiger partial charge in [0.2, 0.25) is 5.91 Å². The maximum absolute atomic E-state index is 12.3. The molecule has 23 heavy (non-hydrogen) atoms. The van der Waals surface area contributed by atoms with Crippen LogP contribution in [0, 0.1) is 0 Å². The molecule has 0 aliphatic carbocycles. The minimum Gasteiger partial charge on any atom is -0.367 e. The molecule has 0 saturated carbocycles. The summed E-state index contributed by atoms with van der Waals surface area (Å²) in [5.74, 6) is 2.53. The molecule has 1 N–H and O–H groups in total. The van der Waals surface area contributed by atoms with E-state index in [0.717, 1.165) is 37.4 Å². The van der Waals surface area contributed by atoms with Gasteiger partial charge in [-0.25, -0.2) is 0 Å². The molecule has 6 nitrogen and oxygen atoms in total. The molecule has 2 aliphatic heterocycles. The zero-order valence-electron chi connectivity index (χ0n) is 14.1. The lowest BCUT2D eigenvalue weighted by Gasteiger charge is -2.34. The van der Waals surface area contributed by atoms with Crippen LogP contribution in [0.2, 0.25) is 0 Å². The van der Waals surface area contributed by atoms with Gasteiger partial charge >= 0.3 is 0 Å². The Hall–Kier alpha value is -1.21. The van der Waals surface area contributed by atoms with Crippen molar-refractivity contribution in [1.82, 2.24) is 20.0 Å². The molecule has 2 atom stereocenters. The smallest absolute Gasteiger partial charge is 0.234 e. The summed E-state index contributed by atoms with van der Waals surface area (Å²) in [5.41, 5.74) is 1.14. The third kappa shape index (κ3) is 4.41. The van der Waals surface area contributed by atoms with Gasteiger partial charge in [-0.3, -0.25) is 14.4 Å². The van der Waals surface area contributed by atoms with E-state index in [1.165, 1.54) is 12.2 Å². The highest BCUT2D eigenvalue weighted by atomic mass is 32.2. The van der Waals surface area contributed by atoms with E-state index >= 15 is 0 Å². The van der Waals surface area contributed by atoms with Crippen molar-refractivity contribution in [2.75, 3.05) is 43.1 Å². The fourth-order valence-electron chi connectivity index (χ4n) is 3.40. The molecule has 1 aromatic rings. The summed E-state index contributed by atoms with van der Waals surface area (Å²) in [6.45, 7) is 2.42. The lowest BCUT2D eigenvalue weighted by molar-refractivity contribution is -0.123. The summed E-state index contributed by atoms with van der Waals surface area (Å²) >= 11 is 1.99. The normalized spacial score (nSPS) is 25.1. The molecule has 0 bridgehead atoms. The Bertz CT molecular complexity index is 528. The molecule has 1 amide bonds. The van der Waals surface area contributed by atoms with E-state index in [1.807, 2.05) is 35.9 Å². The van der Waals surface area contributed by atoms with Crippen molar-refractivity contribution < 1.29 is 4.79 Å². The predicted molar refractivity (Wildman–Crippen MR) is 94.9 cm³/mol. The predicted octanol–water partition coefficient (Wildman–Crippen LogP) is 0.942. The number of hydrogen-bond acceptors (Lipinski definition) is 5. The first-order chi connectivity index (χ1) is 11.1. The first kappa shape index (κ1) is 16.6. The number of rotatable bonds is 5. The van der Waals surface area contributed by atoms with Crippen molar-refractivity contribution in [2.45, 2.75) is 31.3 Å². The highest BCUT2D eigenvalue weighted by molar-refractivity contribution is 7.99. The van der Waals surface area contributed by atoms with E-state index in [4.69, 9.17) is 0 Å². The maximum atomic E-state index is 12.3. The molecule has 7 heteroatoms. The van der Waals surface area contributed by atoms with Gasteiger partial charge in [0, 0.05) is 44.2 Å². The Morgan fingerprint density at radius 3 is 3.09 bits per heavy atom. The first-order valence-corrected chi connectivity index (χ1v) is 9.58. The molecule has 128 valence electrons. The first-order valence-electron chi connectivity index (χ1n) is 8.43. The number of carbonyl (C=O) groups is 1. The molecule has 2 fully saturated rings. The highest BCUT2D eigenvalue weighted by Crippen LogP contribution is 2.21. The minimum atomic E-state index is 0.155. The van der Waals surface area contributed by atoms with Crippen LogP contribution in [0.25, 0.3) is 0 Å². The largest absolute Gasteiger partial charge is 0.367 e. The average molecular weight is 337 g/mol. The van der Waals surface area contributed by atoms with Crippen molar-refractivity contribution in [3.05, 3.63) is 12.4 Å². The zero-order chi connectivity index (χ0) is 16.2. The molecule has 1 aromatic heterocycles. The van der Waals surface area contributed by atoms with Crippen LogP contribution in [0.15, 0.2) is 12.4 Å². The van der Waals surface area contributed by atoms with E-state index in [9.17, 15) is 4.79 Å². The van der Waals surface area contributed by atoms with Gasteiger partial charge in [-0.1, -0.05) is 0 Å². The molecular formula is C16H27N5OS. The number of piperidine rings is 1. The van der Waals surface area contributed by atoms with Gasteiger partial charge in [0.05, 0.1) is 18.4 Å². The van der Waals surface area contributed by atoms with Crippen LogP contribution in [0.5, 0.6) is 0 Å². The number of thioether (sulfide) groups is 1. The van der Waals surface area contributed by atoms with Crippen LogP contribution in [-0.2, 0) is 11.8 Å². The number of anilines is 1. The Balaban J connectivity index is 1.48. The van der Waals surface area contributed by atoms with E-state index < -0.39 is 0 Å². The molecule has 0 aromatic carbocycles. The van der Waals surface area contributed by atoms with Gasteiger partial charge in [-0.05, 0) is 32.1 Å². The Labute approximate surface area is 142 Å². The number of nitrogens with one attached hydrogen (secondary N) is 1. The lowest BCUT2D eigenvalue weighted by Crippen LogP contribution is -2.50. The van der Waals surface area contributed by atoms with Crippen molar-refractivity contribution in [3.63, 3.8) is 0 Å². The SMILES string of the molecule is CN(CC(=O)N[C@@H]1CCCN(c2cnn(C)c2)C1)[C@@H]1CCSC1. The number of aryl methyl sites for hydroxylation is 1. The molecule has 2 aliphatic rings. The van der Waals surface area contributed by atoms with Gasteiger partial charge in [-0.2, -0.15) is 16.9 Å². The second kappa shape index (κ2) is 7.57. The number of aromatic nitrogens is 2. The minimum absolute atomic E-state index is 0.155. The lowest BCUT2D eigenvalue weighted by atomic mass is 10.1. The number of carbonyl (C=O) groups excluding carboxylic acids is 1. The zero-order valence-corrected chi connectivity index (χ0v) is 14.9. The van der Waals surface area contributed by atoms with Crippen LogP contribution >= 0.6 is 11.8 Å². The fraction of sp³-hybridized carbons (Fsp3) is 0.750. The monoisotopic (exact) mass is 337 g/mol. The third-order valence-corrected chi connectivity index (χ3v) is 5.91. The average Bonchev–Trinajstić information content (AvgIpc) is 3.18. The third-order valence-electron chi connectivity index (χ3n) is 4.76. The van der Waals surface area contributed by atoms with E-state index in [-0.39, 0.29) is 11.9 Å². The molecule has 2 saturated heterocycles. The summed E-state index contributed by atoms with van der Waals surface area (Å²) in [6, 6.07) is 0.798. The second-order valence-corrected chi connectivity index (χ2v) is 7.81. The number of hydrogen-bond donors (Lipinski definition) is 1. The van der Waals surface area contributed by atoms with Crippen molar-refractivity contribution in [3.8, 4) is 0 Å². The number of nitrogens with zero attached hydrogens (tertiary/aromatic N) is 4. The second-order valence-electron chi connectivity index (χ2n) is 6.66. The van der Waals surface area contributed by atoms with Gasteiger partial charge < -0.3 is 10.2 Å². The Morgan fingerprint density at radius 1 is 1.52 bits per heavy atom. The Morgan fingerprint density at radius 2 is 2.39 bits per heavy atom. The van der Waals surface area contributed by atoms with Gasteiger partial charge in [0.1, 0.15) is 0 Å². The van der Waals surface area contributed by atoms with Crippen LogP contribution < -0.4 is 10.2 Å².